The monoisotopic (exact) mass is 508 g/mol. The average Bonchev–Trinajstić information content (AvgIpc) is 3.33. The number of anilines is 1. The Balaban J connectivity index is 1.24. The molecule has 0 saturated heterocycles. The molecular weight excluding hydrogens is 488 g/mol. The molecule has 178 valence electrons. The van der Waals surface area contributed by atoms with Crippen LogP contribution in [0.3, 0.4) is 0 Å². The molecule has 1 aromatic heterocycles. The smallest absolute Gasteiger partial charge is 0.262 e. The molecule has 3 aromatic rings. The second-order valence-corrected chi connectivity index (χ2v) is 9.37. The molecule has 0 aliphatic heterocycles. The Morgan fingerprint density at radius 1 is 0.943 bits per heavy atom. The van der Waals surface area contributed by atoms with Crippen molar-refractivity contribution in [1.82, 2.24) is 15.5 Å². The Hall–Kier alpha value is -3.96. The van der Waals surface area contributed by atoms with Gasteiger partial charge in [-0.25, -0.2) is 0 Å². The molecule has 2 N–H and O–H groups in total. The van der Waals surface area contributed by atoms with Gasteiger partial charge in [0.25, 0.3) is 5.91 Å². The number of allylic oxidation sites excluding steroid dienone is 3. The van der Waals surface area contributed by atoms with E-state index in [4.69, 9.17) is 9.47 Å². The molecule has 0 saturated carbocycles. The van der Waals surface area contributed by atoms with E-state index in [1.165, 1.54) is 17.4 Å². The van der Waals surface area contributed by atoms with Gasteiger partial charge in [0, 0.05) is 19.2 Å². The highest BCUT2D eigenvalue weighted by Crippen LogP contribution is 2.33. The van der Waals surface area contributed by atoms with Crippen molar-refractivity contribution >= 4 is 45.7 Å². The summed E-state index contributed by atoms with van der Waals surface area (Å²) in [6, 6.07) is 16.6. The lowest BCUT2D eigenvalue weighted by Crippen LogP contribution is -2.33. The predicted molar refractivity (Wildman–Crippen MR) is 132 cm³/mol. The van der Waals surface area contributed by atoms with Crippen molar-refractivity contribution in [3.05, 3.63) is 82.9 Å². The summed E-state index contributed by atoms with van der Waals surface area (Å²) in [5, 5.41) is 13.7. The Morgan fingerprint density at radius 3 is 2.34 bits per heavy atom. The van der Waals surface area contributed by atoms with Crippen LogP contribution in [-0.2, 0) is 21.0 Å². The predicted octanol–water partition coefficient (Wildman–Crippen LogP) is 3.37. The summed E-state index contributed by atoms with van der Waals surface area (Å²) in [4.78, 5) is 37.2. The zero-order valence-electron chi connectivity index (χ0n) is 18.5. The van der Waals surface area contributed by atoms with Crippen LogP contribution in [0.15, 0.2) is 81.7 Å². The fourth-order valence-electron chi connectivity index (χ4n) is 2.87. The van der Waals surface area contributed by atoms with Gasteiger partial charge < -0.3 is 20.1 Å². The first-order chi connectivity index (χ1) is 17.0. The van der Waals surface area contributed by atoms with Crippen LogP contribution in [0, 0.1) is 0 Å². The minimum Gasteiger partial charge on any atom is -0.489 e. The molecule has 35 heavy (non-hydrogen) atoms. The van der Waals surface area contributed by atoms with Crippen LogP contribution in [0.1, 0.15) is 5.56 Å². The summed E-state index contributed by atoms with van der Waals surface area (Å²) < 4.78 is 11.7. The number of nitrogens with one attached hydrogen (secondary N) is 2. The number of hydrogen-bond donors (Lipinski definition) is 2. The third kappa shape index (κ3) is 6.78. The maximum atomic E-state index is 12.4. The van der Waals surface area contributed by atoms with Gasteiger partial charge in [-0.1, -0.05) is 53.4 Å². The van der Waals surface area contributed by atoms with Crippen LogP contribution in [0.2, 0.25) is 0 Å². The van der Waals surface area contributed by atoms with Gasteiger partial charge in [-0.05, 0) is 29.8 Å². The minimum absolute atomic E-state index is 0.106. The molecule has 4 rings (SSSR count). The third-order valence-electron chi connectivity index (χ3n) is 4.58. The van der Waals surface area contributed by atoms with Crippen molar-refractivity contribution in [3.63, 3.8) is 0 Å². The van der Waals surface area contributed by atoms with Gasteiger partial charge in [0.1, 0.15) is 18.1 Å². The number of hydrogen-bond acceptors (Lipinski definition) is 10. The normalized spacial score (nSPS) is 13.1. The Bertz CT molecular complexity index is 1290. The van der Waals surface area contributed by atoms with Gasteiger partial charge in [0.2, 0.25) is 10.9 Å². The van der Waals surface area contributed by atoms with Gasteiger partial charge in [0.05, 0.1) is 10.6 Å². The van der Waals surface area contributed by atoms with Gasteiger partial charge in [-0.3, -0.25) is 14.4 Å². The zero-order valence-corrected chi connectivity index (χ0v) is 20.2. The van der Waals surface area contributed by atoms with Crippen molar-refractivity contribution < 1.29 is 23.9 Å². The molecule has 0 radical (unpaired) electrons. The molecule has 1 aliphatic rings. The third-order valence-corrected chi connectivity index (χ3v) is 6.61. The number of benzene rings is 2. The van der Waals surface area contributed by atoms with E-state index in [-0.39, 0.29) is 17.2 Å². The molecule has 0 spiro atoms. The summed E-state index contributed by atoms with van der Waals surface area (Å²) in [5.41, 5.74) is 0.948. The number of amides is 1. The summed E-state index contributed by atoms with van der Waals surface area (Å²) >= 11 is 2.31. The van der Waals surface area contributed by atoms with Crippen molar-refractivity contribution in [2.24, 2.45) is 0 Å². The summed E-state index contributed by atoms with van der Waals surface area (Å²) in [5.74, 6) is -0.326. The second-order valence-electron chi connectivity index (χ2n) is 7.10. The lowest BCUT2D eigenvalue weighted by atomic mass is 10.1. The SMILES string of the molecule is CNc1nnc(SC2=CC(=O)C(NC(=O)COc3ccc(OCc4ccccc4)cc3)=CC2=O)s1. The van der Waals surface area contributed by atoms with Crippen LogP contribution in [0.5, 0.6) is 11.5 Å². The zero-order chi connectivity index (χ0) is 24.6. The van der Waals surface area contributed by atoms with E-state index in [2.05, 4.69) is 20.8 Å². The van der Waals surface area contributed by atoms with E-state index in [0.717, 1.165) is 23.4 Å². The standard InChI is InChI=1S/C24H20N4O5S2/c1-25-23-27-28-24(35-23)34-21-12-19(29)18(11-20(21)30)26-22(31)14-33-17-9-7-16(8-10-17)32-13-15-5-3-2-4-6-15/h2-12H,13-14H2,1H3,(H,25,27)(H,26,31). The van der Waals surface area contributed by atoms with E-state index in [1.54, 1.807) is 31.3 Å². The first-order valence-electron chi connectivity index (χ1n) is 10.4. The highest BCUT2D eigenvalue weighted by atomic mass is 32.2. The van der Waals surface area contributed by atoms with Crippen LogP contribution in [-0.4, -0.2) is 41.3 Å². The number of ether oxygens (including phenoxy) is 2. The Labute approximate surface area is 209 Å². The van der Waals surface area contributed by atoms with Gasteiger partial charge in [0.15, 0.2) is 16.7 Å². The molecule has 1 heterocycles. The largest absolute Gasteiger partial charge is 0.489 e. The Kier molecular flexibility index (Phi) is 7.91. The van der Waals surface area contributed by atoms with Crippen molar-refractivity contribution in [3.8, 4) is 11.5 Å². The molecular formula is C24H20N4O5S2. The molecule has 0 unspecified atom stereocenters. The number of nitrogens with zero attached hydrogens (tertiary/aromatic N) is 2. The van der Waals surface area contributed by atoms with E-state index in [1.807, 2.05) is 30.3 Å². The van der Waals surface area contributed by atoms with E-state index in [0.29, 0.717) is 27.6 Å². The van der Waals surface area contributed by atoms with E-state index >= 15 is 0 Å². The van der Waals surface area contributed by atoms with Crippen LogP contribution < -0.4 is 20.1 Å². The fraction of sp³-hybridized carbons (Fsp3) is 0.125. The van der Waals surface area contributed by atoms with Crippen LogP contribution >= 0.6 is 23.1 Å². The Morgan fingerprint density at radius 2 is 1.66 bits per heavy atom. The lowest BCUT2D eigenvalue weighted by Gasteiger charge is -2.13. The number of aromatic nitrogens is 2. The summed E-state index contributed by atoms with van der Waals surface area (Å²) in [7, 11) is 1.71. The molecule has 1 amide bonds. The van der Waals surface area contributed by atoms with Gasteiger partial charge in [-0.15, -0.1) is 10.2 Å². The number of carbonyl (C=O) groups excluding carboxylic acids is 3. The highest BCUT2D eigenvalue weighted by Gasteiger charge is 2.23. The molecule has 2 aromatic carbocycles. The number of rotatable bonds is 10. The topological polar surface area (TPSA) is 120 Å². The summed E-state index contributed by atoms with van der Waals surface area (Å²) in [6.07, 6.45) is 2.28. The number of carbonyl (C=O) groups is 3. The molecule has 0 bridgehead atoms. The van der Waals surface area contributed by atoms with Gasteiger partial charge >= 0.3 is 0 Å². The highest BCUT2D eigenvalue weighted by molar-refractivity contribution is 8.05. The van der Waals surface area contributed by atoms with Crippen LogP contribution in [0.25, 0.3) is 0 Å². The van der Waals surface area contributed by atoms with E-state index < -0.39 is 17.5 Å². The summed E-state index contributed by atoms with van der Waals surface area (Å²) in [6.45, 7) is 0.115. The number of thioether (sulfide) groups is 1. The second kappa shape index (κ2) is 11.4. The van der Waals surface area contributed by atoms with Crippen molar-refractivity contribution in [2.75, 3.05) is 19.0 Å². The van der Waals surface area contributed by atoms with Crippen LogP contribution in [0.4, 0.5) is 5.13 Å². The first kappa shape index (κ1) is 24.2. The maximum Gasteiger partial charge on any atom is 0.262 e. The number of ketones is 2. The molecule has 0 atom stereocenters. The quantitative estimate of drug-likeness (QED) is 0.397. The van der Waals surface area contributed by atoms with Crippen molar-refractivity contribution in [1.29, 1.82) is 0 Å². The lowest BCUT2D eigenvalue weighted by molar-refractivity contribution is -0.124. The molecule has 11 heteroatoms. The minimum atomic E-state index is -0.561. The van der Waals surface area contributed by atoms with Gasteiger partial charge in [-0.2, -0.15) is 0 Å². The first-order valence-corrected chi connectivity index (χ1v) is 12.0. The molecule has 0 fully saturated rings. The van der Waals surface area contributed by atoms with E-state index in [9.17, 15) is 14.4 Å². The average molecular weight is 509 g/mol. The van der Waals surface area contributed by atoms with Crippen molar-refractivity contribution in [2.45, 2.75) is 10.9 Å². The fourth-order valence-corrected chi connectivity index (χ4v) is 4.57. The maximum absolute atomic E-state index is 12.4. The molecule has 1 aliphatic carbocycles. The molecule has 9 nitrogen and oxygen atoms in total.